The summed E-state index contributed by atoms with van der Waals surface area (Å²) in [5.41, 5.74) is 0. The summed E-state index contributed by atoms with van der Waals surface area (Å²) in [5.74, 6) is 1.62. The molecule has 0 amide bonds. The Labute approximate surface area is 368 Å². The van der Waals surface area contributed by atoms with Gasteiger partial charge in [-0.05, 0) is 35.8 Å². The molecule has 0 fully saturated rings. The third-order valence-corrected chi connectivity index (χ3v) is 31.3. The Bertz CT molecular complexity index is 1640. The first kappa shape index (κ1) is 41.1. The van der Waals surface area contributed by atoms with Gasteiger partial charge in [0.15, 0.2) is 0 Å². The number of hydrogen-bond donors (Lipinski definition) is 0. The predicted octanol–water partition coefficient (Wildman–Crippen LogP) is 14.5. The van der Waals surface area contributed by atoms with Gasteiger partial charge in [-0.15, -0.1) is 70.6 Å². The SMILES string of the molecule is CSC1=C(SC)SC(=C2SC=C(C(=O)OCC3=C(COC(=O)C4=CSC(=C5SC(SC)=C(SC)S5)S4)SC(=C4SC5=C(SCCS5)S4)S3)S2)S1. The molecule has 7 aliphatic rings. The van der Waals surface area contributed by atoms with Crippen molar-refractivity contribution in [3.05, 3.63) is 81.3 Å². The first-order valence-electron chi connectivity index (χ1n) is 13.8. The van der Waals surface area contributed by atoms with E-state index in [2.05, 4.69) is 25.0 Å². The summed E-state index contributed by atoms with van der Waals surface area (Å²) in [7, 11) is 0. The van der Waals surface area contributed by atoms with Crippen LogP contribution >= 0.6 is 212 Å². The first-order chi connectivity index (χ1) is 24.4. The van der Waals surface area contributed by atoms with Crippen LogP contribution in [0.3, 0.4) is 0 Å². The summed E-state index contributed by atoms with van der Waals surface area (Å²) in [5, 5.41) is 3.81. The van der Waals surface area contributed by atoms with Crippen molar-refractivity contribution in [2.24, 2.45) is 0 Å². The number of hydrogen-bond acceptors (Lipinski definition) is 22. The molecular weight excluding hydrogens is 978 g/mol. The molecule has 0 bridgehead atoms. The lowest BCUT2D eigenvalue weighted by molar-refractivity contribution is -0.138. The van der Waals surface area contributed by atoms with Crippen molar-refractivity contribution in [1.29, 1.82) is 0 Å². The monoisotopic (exact) mass is 998 g/mol. The van der Waals surface area contributed by atoms with Crippen molar-refractivity contribution >= 4 is 224 Å². The van der Waals surface area contributed by atoms with E-state index < -0.39 is 0 Å². The van der Waals surface area contributed by atoms with E-state index in [4.69, 9.17) is 9.47 Å². The second kappa shape index (κ2) is 19.6. The topological polar surface area (TPSA) is 52.6 Å². The molecule has 0 aromatic heterocycles. The highest BCUT2D eigenvalue weighted by Gasteiger charge is 2.34. The van der Waals surface area contributed by atoms with Gasteiger partial charge in [0.25, 0.3) is 0 Å². The minimum atomic E-state index is -0.323. The normalized spacial score (nSPS) is 22.6. The van der Waals surface area contributed by atoms with Crippen LogP contribution in [0.1, 0.15) is 0 Å². The predicted molar refractivity (Wildman–Crippen MR) is 257 cm³/mol. The van der Waals surface area contributed by atoms with Gasteiger partial charge in [0.05, 0.1) is 50.8 Å². The fourth-order valence-corrected chi connectivity index (χ4v) is 27.7. The Hall–Kier alpha value is 2.90. The summed E-state index contributed by atoms with van der Waals surface area (Å²) in [4.78, 5) is 29.7. The Kier molecular flexibility index (Phi) is 16.1. The zero-order valence-electron chi connectivity index (χ0n) is 26.0. The van der Waals surface area contributed by atoms with E-state index in [0.29, 0.717) is 9.81 Å². The molecule has 0 saturated heterocycles. The lowest BCUT2D eigenvalue weighted by Crippen LogP contribution is -2.10. The second-order valence-corrected chi connectivity index (χ2v) is 30.0. The summed E-state index contributed by atoms with van der Waals surface area (Å²) in [6.45, 7) is 0.277. The van der Waals surface area contributed by atoms with Crippen LogP contribution in [0.25, 0.3) is 0 Å². The van der Waals surface area contributed by atoms with Crippen molar-refractivity contribution in [2.45, 2.75) is 0 Å². The van der Waals surface area contributed by atoms with E-state index in [1.807, 2.05) is 57.9 Å². The molecule has 50 heavy (non-hydrogen) atoms. The molecule has 7 heterocycles. The van der Waals surface area contributed by atoms with Crippen LogP contribution in [-0.2, 0) is 19.1 Å². The minimum Gasteiger partial charge on any atom is -0.456 e. The van der Waals surface area contributed by atoms with Gasteiger partial charge in [0.1, 0.15) is 23.0 Å². The van der Waals surface area contributed by atoms with Gasteiger partial charge in [-0.1, -0.05) is 141 Å². The molecule has 0 aliphatic carbocycles. The molecule has 0 radical (unpaired) electrons. The second-order valence-electron chi connectivity index (χ2n) is 9.18. The van der Waals surface area contributed by atoms with Gasteiger partial charge in [0.2, 0.25) is 0 Å². The molecule has 0 atom stereocenters. The summed E-state index contributed by atoms with van der Waals surface area (Å²) in [6.07, 6.45) is 8.42. The van der Waals surface area contributed by atoms with Crippen molar-refractivity contribution < 1.29 is 19.1 Å². The third kappa shape index (κ3) is 9.77. The molecule has 0 aromatic rings. The summed E-state index contributed by atoms with van der Waals surface area (Å²) in [6, 6.07) is 0. The quantitative estimate of drug-likeness (QED) is 0.195. The van der Waals surface area contributed by atoms with Crippen LogP contribution in [0.5, 0.6) is 0 Å². The van der Waals surface area contributed by atoms with Crippen molar-refractivity contribution in [1.82, 2.24) is 0 Å². The fourth-order valence-electron chi connectivity index (χ4n) is 3.95. The highest BCUT2D eigenvalue weighted by molar-refractivity contribution is 8.44. The summed E-state index contributed by atoms with van der Waals surface area (Å²) >= 11 is 31.2. The van der Waals surface area contributed by atoms with Crippen molar-refractivity contribution in [3.63, 3.8) is 0 Å². The third-order valence-electron chi connectivity index (χ3n) is 6.17. The maximum atomic E-state index is 13.3. The molecule has 0 N–H and O–H groups in total. The van der Waals surface area contributed by atoms with E-state index >= 15 is 0 Å². The molecule has 0 unspecified atom stereocenters. The molecule has 22 heteroatoms. The largest absolute Gasteiger partial charge is 0.456 e. The highest BCUT2D eigenvalue weighted by Crippen LogP contribution is 2.66. The molecular formula is C28H22O4S18. The van der Waals surface area contributed by atoms with Crippen LogP contribution in [0.2, 0.25) is 0 Å². The van der Waals surface area contributed by atoms with Gasteiger partial charge in [0, 0.05) is 21.3 Å². The molecule has 7 aliphatic heterocycles. The van der Waals surface area contributed by atoms with E-state index in [1.54, 1.807) is 141 Å². The molecule has 7 rings (SSSR count). The average Bonchev–Trinajstić information content (AvgIpc) is 3.99. The Morgan fingerprint density at radius 1 is 0.500 bits per heavy atom. The lowest BCUT2D eigenvalue weighted by Gasteiger charge is -2.09. The molecule has 266 valence electrons. The molecule has 0 saturated carbocycles. The van der Waals surface area contributed by atoms with Crippen LogP contribution in [0, 0.1) is 0 Å². The first-order valence-corrected chi connectivity index (χ1v) is 30.6. The van der Waals surface area contributed by atoms with Crippen molar-refractivity contribution in [2.75, 3.05) is 49.7 Å². The van der Waals surface area contributed by atoms with Gasteiger partial charge in [-0.3, -0.25) is 0 Å². The number of esters is 2. The Morgan fingerprint density at radius 3 is 1.24 bits per heavy atom. The number of carbonyl (C=O) groups is 2. The number of ether oxygens (including phenoxy) is 2. The van der Waals surface area contributed by atoms with Crippen LogP contribution in [-0.4, -0.2) is 61.7 Å². The smallest absolute Gasteiger partial charge is 0.345 e. The van der Waals surface area contributed by atoms with Crippen LogP contribution < -0.4 is 0 Å². The van der Waals surface area contributed by atoms with E-state index in [-0.39, 0.29) is 25.2 Å². The van der Waals surface area contributed by atoms with Gasteiger partial charge >= 0.3 is 11.9 Å². The minimum absolute atomic E-state index is 0.138. The number of thioether (sulfide) groups is 18. The highest BCUT2D eigenvalue weighted by atomic mass is 32.3. The Balaban J connectivity index is 0.992. The van der Waals surface area contributed by atoms with E-state index in [9.17, 15) is 9.59 Å². The lowest BCUT2D eigenvalue weighted by atomic mass is 10.5. The zero-order chi connectivity index (χ0) is 34.8. The standard InChI is InChI=1S/C28H22O4S18/c1-33-17-18(34-2)46-25(45-17)23-39-9-13(43-23)15(29)31-7-11-12(42-27(41-11)28-49-21-22(50-28)38-6-5-37-21)8-32-16(30)14-10-40-24(44-14)26-47-19(35-3)20(36-4)48-26/h9-10H,5-8H2,1-4H3. The maximum Gasteiger partial charge on any atom is 0.345 e. The fraction of sp³-hybridized carbons (Fsp3) is 0.286. The van der Waals surface area contributed by atoms with Crippen LogP contribution in [0.4, 0.5) is 0 Å². The van der Waals surface area contributed by atoms with E-state index in [1.165, 1.54) is 61.7 Å². The average molecular weight is 1000 g/mol. The number of carbonyl (C=O) groups excluding carboxylic acids is 2. The number of rotatable bonds is 10. The van der Waals surface area contributed by atoms with Crippen molar-refractivity contribution in [3.8, 4) is 0 Å². The zero-order valence-corrected chi connectivity index (χ0v) is 40.7. The van der Waals surface area contributed by atoms with Crippen LogP contribution in [0.15, 0.2) is 81.3 Å². The molecule has 0 aromatic carbocycles. The van der Waals surface area contributed by atoms with Gasteiger partial charge < -0.3 is 9.47 Å². The summed E-state index contributed by atoms with van der Waals surface area (Å²) < 4.78 is 27.0. The van der Waals surface area contributed by atoms with Gasteiger partial charge in [-0.25, -0.2) is 9.59 Å². The van der Waals surface area contributed by atoms with Gasteiger partial charge in [-0.2, -0.15) is 0 Å². The maximum absolute atomic E-state index is 13.3. The molecule has 4 nitrogen and oxygen atoms in total. The van der Waals surface area contributed by atoms with E-state index in [0.717, 1.165) is 34.0 Å². The molecule has 0 spiro atoms. The Morgan fingerprint density at radius 2 is 0.860 bits per heavy atom.